The van der Waals surface area contributed by atoms with E-state index in [4.69, 9.17) is 4.74 Å². The van der Waals surface area contributed by atoms with Gasteiger partial charge in [0.05, 0.1) is 18.5 Å². The number of benzene rings is 1. The molecule has 1 aliphatic rings. The maximum atomic E-state index is 5.45. The average molecular weight is 347 g/mol. The number of pyridine rings is 1. The summed E-state index contributed by atoms with van der Waals surface area (Å²) in [6.45, 7) is 2.03. The number of aromatic nitrogens is 1. The number of methoxy groups -OCH3 is 1. The van der Waals surface area contributed by atoms with Gasteiger partial charge in [-0.1, -0.05) is 18.2 Å². The summed E-state index contributed by atoms with van der Waals surface area (Å²) >= 11 is 3.40. The van der Waals surface area contributed by atoms with Gasteiger partial charge in [-0.25, -0.2) is 4.98 Å². The third-order valence-corrected chi connectivity index (χ3v) is 4.57. The van der Waals surface area contributed by atoms with Crippen molar-refractivity contribution in [3.63, 3.8) is 0 Å². The molecule has 3 nitrogen and oxygen atoms in total. The Kier molecular flexibility index (Phi) is 4.15. The van der Waals surface area contributed by atoms with Gasteiger partial charge in [0.1, 0.15) is 10.4 Å². The summed E-state index contributed by atoms with van der Waals surface area (Å²) < 4.78 is 6.33. The van der Waals surface area contributed by atoms with Gasteiger partial charge in [0.25, 0.3) is 0 Å². The van der Waals surface area contributed by atoms with Crippen LogP contribution in [-0.2, 0) is 0 Å². The Morgan fingerprint density at radius 1 is 1.19 bits per heavy atom. The minimum Gasteiger partial charge on any atom is -0.496 e. The minimum atomic E-state index is 0.515. The largest absolute Gasteiger partial charge is 0.496 e. The van der Waals surface area contributed by atoms with E-state index in [1.807, 2.05) is 25.1 Å². The van der Waals surface area contributed by atoms with Crippen molar-refractivity contribution in [1.29, 1.82) is 0 Å². The normalized spacial score (nSPS) is 20.7. The van der Waals surface area contributed by atoms with Gasteiger partial charge < -0.3 is 10.1 Å². The van der Waals surface area contributed by atoms with E-state index < -0.39 is 0 Å². The first-order valence-electron chi connectivity index (χ1n) is 7.20. The molecule has 0 bridgehead atoms. The van der Waals surface area contributed by atoms with Crippen LogP contribution in [0.4, 0.5) is 5.69 Å². The second-order valence-electron chi connectivity index (χ2n) is 5.52. The molecule has 0 aliphatic heterocycles. The molecule has 1 saturated carbocycles. The lowest BCUT2D eigenvalue weighted by molar-refractivity contribution is 0.349. The van der Waals surface area contributed by atoms with E-state index in [-0.39, 0.29) is 0 Å². The zero-order valence-corrected chi connectivity index (χ0v) is 13.9. The molecule has 110 valence electrons. The van der Waals surface area contributed by atoms with Gasteiger partial charge in [-0.3, -0.25) is 0 Å². The molecule has 0 spiro atoms. The van der Waals surface area contributed by atoms with Gasteiger partial charge in [-0.15, -0.1) is 0 Å². The Hall–Kier alpha value is -1.55. The molecule has 1 aliphatic carbocycles. The third kappa shape index (κ3) is 3.05. The van der Waals surface area contributed by atoms with Crippen LogP contribution < -0.4 is 10.1 Å². The number of aryl methyl sites for hydroxylation is 1. The number of para-hydroxylation sites is 1. The highest BCUT2D eigenvalue weighted by atomic mass is 79.9. The third-order valence-electron chi connectivity index (χ3n) is 4.13. The topological polar surface area (TPSA) is 34.1 Å². The molecule has 0 unspecified atom stereocenters. The van der Waals surface area contributed by atoms with Crippen LogP contribution in [0.3, 0.4) is 0 Å². The van der Waals surface area contributed by atoms with Crippen molar-refractivity contribution < 1.29 is 4.74 Å². The van der Waals surface area contributed by atoms with E-state index in [1.165, 1.54) is 5.56 Å². The average Bonchev–Trinajstić information content (AvgIpc) is 2.44. The zero-order valence-electron chi connectivity index (χ0n) is 12.3. The molecule has 0 saturated heterocycles. The van der Waals surface area contributed by atoms with Gasteiger partial charge >= 0.3 is 0 Å². The Morgan fingerprint density at radius 2 is 1.95 bits per heavy atom. The van der Waals surface area contributed by atoms with Crippen LogP contribution >= 0.6 is 15.9 Å². The van der Waals surface area contributed by atoms with Crippen molar-refractivity contribution >= 4 is 21.6 Å². The molecule has 2 aromatic rings. The number of nitrogens with zero attached hydrogens (tertiary/aromatic N) is 1. The monoisotopic (exact) mass is 346 g/mol. The second-order valence-corrected chi connectivity index (χ2v) is 6.33. The number of hydrogen-bond acceptors (Lipinski definition) is 3. The van der Waals surface area contributed by atoms with Crippen LogP contribution in [0.25, 0.3) is 0 Å². The molecule has 0 radical (unpaired) electrons. The maximum absolute atomic E-state index is 5.45. The summed E-state index contributed by atoms with van der Waals surface area (Å²) in [5.41, 5.74) is 3.48. The predicted molar refractivity (Wildman–Crippen MR) is 89.1 cm³/mol. The van der Waals surface area contributed by atoms with Crippen LogP contribution in [0, 0.1) is 6.92 Å². The van der Waals surface area contributed by atoms with E-state index in [9.17, 15) is 0 Å². The first-order valence-corrected chi connectivity index (χ1v) is 7.99. The fraction of sp³-hybridized carbons (Fsp3) is 0.353. The fourth-order valence-electron chi connectivity index (χ4n) is 2.90. The lowest BCUT2D eigenvalue weighted by Gasteiger charge is -2.37. The molecule has 0 amide bonds. The minimum absolute atomic E-state index is 0.515. The molecule has 0 atom stereocenters. The van der Waals surface area contributed by atoms with E-state index in [2.05, 4.69) is 44.4 Å². The van der Waals surface area contributed by atoms with Crippen molar-refractivity contribution in [2.75, 3.05) is 12.4 Å². The van der Waals surface area contributed by atoms with E-state index in [0.717, 1.165) is 34.6 Å². The van der Waals surface area contributed by atoms with Crippen molar-refractivity contribution in [2.45, 2.75) is 31.7 Å². The van der Waals surface area contributed by atoms with E-state index in [0.29, 0.717) is 12.0 Å². The molecule has 1 aromatic carbocycles. The van der Waals surface area contributed by atoms with Crippen LogP contribution in [0.2, 0.25) is 0 Å². The van der Waals surface area contributed by atoms with Crippen LogP contribution in [-0.4, -0.2) is 18.1 Å². The predicted octanol–water partition coefficient (Wildman–Crippen LogP) is 4.52. The standard InChI is InChI=1S/C17H19BrN2O/c1-11-15(7-8-17(18)19-11)20-13-9-12(10-13)14-5-3-4-6-16(14)21-2/h3-8,12-13,20H,9-10H2,1-2H3. The molecule has 1 heterocycles. The van der Waals surface area contributed by atoms with Gasteiger partial charge in [0, 0.05) is 6.04 Å². The highest BCUT2D eigenvalue weighted by Gasteiger charge is 2.32. The molecule has 1 N–H and O–H groups in total. The molecule has 1 aromatic heterocycles. The summed E-state index contributed by atoms with van der Waals surface area (Å²) in [6.07, 6.45) is 2.27. The number of ether oxygens (including phenoxy) is 1. The fourth-order valence-corrected chi connectivity index (χ4v) is 3.29. The highest BCUT2D eigenvalue weighted by molar-refractivity contribution is 9.10. The first-order chi connectivity index (χ1) is 10.2. The van der Waals surface area contributed by atoms with Gasteiger partial charge in [0.15, 0.2) is 0 Å². The molecular weight excluding hydrogens is 328 g/mol. The van der Waals surface area contributed by atoms with Gasteiger partial charge in [-0.05, 0) is 65.4 Å². The van der Waals surface area contributed by atoms with E-state index >= 15 is 0 Å². The smallest absolute Gasteiger partial charge is 0.122 e. The Bertz CT molecular complexity index is 638. The summed E-state index contributed by atoms with van der Waals surface area (Å²) in [5.74, 6) is 1.59. The highest BCUT2D eigenvalue weighted by Crippen LogP contribution is 2.42. The number of nitrogens with one attached hydrogen (secondary N) is 1. The maximum Gasteiger partial charge on any atom is 0.122 e. The summed E-state index contributed by atoms with van der Waals surface area (Å²) in [5, 5.41) is 3.59. The van der Waals surface area contributed by atoms with Gasteiger partial charge in [0.2, 0.25) is 0 Å². The number of hydrogen-bond donors (Lipinski definition) is 1. The lowest BCUT2D eigenvalue weighted by Crippen LogP contribution is -2.34. The van der Waals surface area contributed by atoms with Crippen molar-refractivity contribution in [3.8, 4) is 5.75 Å². The first kappa shape index (κ1) is 14.4. The Labute approximate surface area is 133 Å². The molecular formula is C17H19BrN2O. The zero-order chi connectivity index (χ0) is 14.8. The van der Waals surface area contributed by atoms with Crippen molar-refractivity contribution in [2.24, 2.45) is 0 Å². The molecule has 21 heavy (non-hydrogen) atoms. The SMILES string of the molecule is COc1ccccc1C1CC(Nc2ccc(Br)nc2C)C1. The number of halogens is 1. The van der Waals surface area contributed by atoms with Crippen LogP contribution in [0.5, 0.6) is 5.75 Å². The Balaban J connectivity index is 1.63. The van der Waals surface area contributed by atoms with Gasteiger partial charge in [-0.2, -0.15) is 0 Å². The van der Waals surface area contributed by atoms with E-state index in [1.54, 1.807) is 7.11 Å². The number of anilines is 1. The van der Waals surface area contributed by atoms with Crippen LogP contribution in [0.1, 0.15) is 30.0 Å². The van der Waals surface area contributed by atoms with Crippen molar-refractivity contribution in [3.05, 3.63) is 52.3 Å². The second kappa shape index (κ2) is 6.06. The quantitative estimate of drug-likeness (QED) is 0.826. The molecule has 4 heteroatoms. The lowest BCUT2D eigenvalue weighted by atomic mass is 9.75. The molecule has 3 rings (SSSR count). The summed E-state index contributed by atoms with van der Waals surface area (Å²) in [6, 6.07) is 12.9. The van der Waals surface area contributed by atoms with Crippen LogP contribution in [0.15, 0.2) is 41.0 Å². The molecule has 1 fully saturated rings. The number of rotatable bonds is 4. The Morgan fingerprint density at radius 3 is 2.67 bits per heavy atom. The van der Waals surface area contributed by atoms with Crippen molar-refractivity contribution in [1.82, 2.24) is 4.98 Å². The summed E-state index contributed by atoms with van der Waals surface area (Å²) in [4.78, 5) is 4.42. The summed E-state index contributed by atoms with van der Waals surface area (Å²) in [7, 11) is 1.74.